The summed E-state index contributed by atoms with van der Waals surface area (Å²) in [5, 5.41) is 3.96. The summed E-state index contributed by atoms with van der Waals surface area (Å²) < 4.78 is 32.6. The number of carbonyl (C=O) groups is 2. The topological polar surface area (TPSA) is 96.0 Å². The Bertz CT molecular complexity index is 1510. The molecule has 3 aromatic rings. The van der Waals surface area contributed by atoms with Crippen molar-refractivity contribution in [1.29, 1.82) is 0 Å². The molecule has 236 valence electrons. The Morgan fingerprint density at radius 3 is 2.27 bits per heavy atom. The number of halogens is 2. The van der Waals surface area contributed by atoms with Crippen molar-refractivity contribution >= 4 is 50.7 Å². The fraction of sp³-hybridized carbons (Fsp3) is 0.394. The number of anilines is 1. The van der Waals surface area contributed by atoms with E-state index in [0.717, 1.165) is 48.2 Å². The minimum atomic E-state index is -3.88. The molecule has 1 aliphatic rings. The number of ether oxygens (including phenoxy) is 1. The Balaban J connectivity index is 1.72. The number of nitrogens with one attached hydrogen (secondary N) is 1. The molecular formula is C33H39Cl2N3O5S. The zero-order chi connectivity index (χ0) is 31.7. The van der Waals surface area contributed by atoms with E-state index in [9.17, 15) is 18.0 Å². The van der Waals surface area contributed by atoms with Gasteiger partial charge in [0.25, 0.3) is 0 Å². The van der Waals surface area contributed by atoms with Gasteiger partial charge in [0.1, 0.15) is 18.3 Å². The molecule has 3 aromatic carbocycles. The van der Waals surface area contributed by atoms with Gasteiger partial charge in [-0.2, -0.15) is 0 Å². The van der Waals surface area contributed by atoms with Gasteiger partial charge in [-0.25, -0.2) is 8.42 Å². The maximum absolute atomic E-state index is 14.3. The molecule has 44 heavy (non-hydrogen) atoms. The Labute approximate surface area is 270 Å². The summed E-state index contributed by atoms with van der Waals surface area (Å²) in [5.74, 6) is -0.251. The molecule has 1 aliphatic carbocycles. The lowest BCUT2D eigenvalue weighted by molar-refractivity contribution is -0.140. The predicted octanol–water partition coefficient (Wildman–Crippen LogP) is 6.25. The molecule has 8 nitrogen and oxygen atoms in total. The average molecular weight is 661 g/mol. The molecule has 11 heteroatoms. The van der Waals surface area contributed by atoms with Crippen molar-refractivity contribution in [2.75, 3.05) is 23.7 Å². The number of amides is 2. The molecular weight excluding hydrogens is 621 g/mol. The molecule has 1 atom stereocenters. The molecule has 4 rings (SSSR count). The van der Waals surface area contributed by atoms with E-state index in [1.165, 1.54) is 4.90 Å². The molecule has 0 aliphatic heterocycles. The fourth-order valence-corrected chi connectivity index (χ4v) is 6.74. The Morgan fingerprint density at radius 1 is 0.977 bits per heavy atom. The first-order chi connectivity index (χ1) is 21.0. The van der Waals surface area contributed by atoms with Crippen LogP contribution in [0.3, 0.4) is 0 Å². The van der Waals surface area contributed by atoms with Gasteiger partial charge in [0, 0.05) is 29.1 Å². The zero-order valence-electron chi connectivity index (χ0n) is 25.0. The number of benzene rings is 3. The molecule has 2 amide bonds. The van der Waals surface area contributed by atoms with Gasteiger partial charge in [-0.1, -0.05) is 78.9 Å². The first-order valence-electron chi connectivity index (χ1n) is 14.8. The van der Waals surface area contributed by atoms with Crippen LogP contribution in [0, 0.1) is 0 Å². The van der Waals surface area contributed by atoms with Gasteiger partial charge in [-0.05, 0) is 67.3 Å². The summed E-state index contributed by atoms with van der Waals surface area (Å²) in [7, 11) is -3.88. The average Bonchev–Trinajstić information content (AvgIpc) is 2.99. The molecule has 0 saturated heterocycles. The summed E-state index contributed by atoms with van der Waals surface area (Å²) in [5.41, 5.74) is 1.75. The first-order valence-corrected chi connectivity index (χ1v) is 17.4. The van der Waals surface area contributed by atoms with Gasteiger partial charge >= 0.3 is 0 Å². The van der Waals surface area contributed by atoms with Crippen molar-refractivity contribution in [3.8, 4) is 5.75 Å². The van der Waals surface area contributed by atoms with Crippen LogP contribution >= 0.6 is 23.2 Å². The van der Waals surface area contributed by atoms with Crippen LogP contribution < -0.4 is 14.4 Å². The molecule has 0 spiro atoms. The van der Waals surface area contributed by atoms with E-state index in [1.807, 2.05) is 37.3 Å². The van der Waals surface area contributed by atoms with Crippen molar-refractivity contribution in [2.45, 2.75) is 64.1 Å². The lowest BCUT2D eigenvalue weighted by atomic mass is 9.94. The van der Waals surface area contributed by atoms with Gasteiger partial charge < -0.3 is 15.0 Å². The third-order valence-electron chi connectivity index (χ3n) is 7.69. The maximum atomic E-state index is 14.3. The molecule has 0 radical (unpaired) electrons. The van der Waals surface area contributed by atoms with E-state index in [4.69, 9.17) is 27.9 Å². The first kappa shape index (κ1) is 33.6. The lowest BCUT2D eigenvalue weighted by Gasteiger charge is -2.35. The highest BCUT2D eigenvalue weighted by molar-refractivity contribution is 7.92. The van der Waals surface area contributed by atoms with Gasteiger partial charge in [-0.15, -0.1) is 0 Å². The number of hydrogen-bond acceptors (Lipinski definition) is 5. The minimum absolute atomic E-state index is 0.0157. The third-order valence-corrected chi connectivity index (χ3v) is 9.42. The van der Waals surface area contributed by atoms with E-state index in [-0.39, 0.29) is 24.9 Å². The highest BCUT2D eigenvalue weighted by Crippen LogP contribution is 2.27. The van der Waals surface area contributed by atoms with E-state index < -0.39 is 28.5 Å². The quantitative estimate of drug-likeness (QED) is 0.234. The van der Waals surface area contributed by atoms with E-state index >= 15 is 0 Å². The molecule has 0 heterocycles. The van der Waals surface area contributed by atoms with E-state index in [2.05, 4.69) is 5.32 Å². The molecule has 1 saturated carbocycles. The monoisotopic (exact) mass is 659 g/mol. The van der Waals surface area contributed by atoms with E-state index in [1.54, 1.807) is 42.5 Å². The van der Waals surface area contributed by atoms with Crippen LogP contribution in [0.25, 0.3) is 0 Å². The number of rotatable bonds is 13. The van der Waals surface area contributed by atoms with Gasteiger partial charge in [-0.3, -0.25) is 13.9 Å². The van der Waals surface area contributed by atoms with Gasteiger partial charge in [0.15, 0.2) is 0 Å². The van der Waals surface area contributed by atoms with Crippen LogP contribution in [0.4, 0.5) is 5.69 Å². The van der Waals surface area contributed by atoms with Crippen molar-refractivity contribution in [3.05, 3.63) is 94.0 Å². The lowest BCUT2D eigenvalue weighted by Crippen LogP contribution is -2.55. The van der Waals surface area contributed by atoms with Crippen molar-refractivity contribution in [3.63, 3.8) is 0 Å². The zero-order valence-corrected chi connectivity index (χ0v) is 27.4. The molecule has 1 N–H and O–H groups in total. The Morgan fingerprint density at radius 2 is 1.66 bits per heavy atom. The largest absolute Gasteiger partial charge is 0.494 e. The van der Waals surface area contributed by atoms with Crippen LogP contribution in [0.2, 0.25) is 10.0 Å². The summed E-state index contributed by atoms with van der Waals surface area (Å²) >= 11 is 12.7. The van der Waals surface area contributed by atoms with Crippen molar-refractivity contribution in [1.82, 2.24) is 10.2 Å². The maximum Gasteiger partial charge on any atom is 0.244 e. The van der Waals surface area contributed by atoms with E-state index in [0.29, 0.717) is 33.7 Å². The molecule has 0 bridgehead atoms. The minimum Gasteiger partial charge on any atom is -0.494 e. The summed E-state index contributed by atoms with van der Waals surface area (Å²) in [4.78, 5) is 29.8. The van der Waals surface area contributed by atoms with Crippen molar-refractivity contribution in [2.24, 2.45) is 0 Å². The molecule has 1 fully saturated rings. The summed E-state index contributed by atoms with van der Waals surface area (Å²) in [6.07, 6.45) is 6.23. The Hall–Kier alpha value is -3.27. The fourth-order valence-electron chi connectivity index (χ4n) is 5.42. The second-order valence-corrected chi connectivity index (χ2v) is 13.8. The second kappa shape index (κ2) is 15.6. The number of nitrogens with zero attached hydrogens (tertiary/aromatic N) is 2. The van der Waals surface area contributed by atoms with Crippen LogP contribution in [-0.4, -0.2) is 56.6 Å². The van der Waals surface area contributed by atoms with Crippen LogP contribution in [0.5, 0.6) is 5.75 Å². The molecule has 1 unspecified atom stereocenters. The summed E-state index contributed by atoms with van der Waals surface area (Å²) in [6.45, 7) is 1.78. The normalized spacial score (nSPS) is 14.5. The van der Waals surface area contributed by atoms with Crippen molar-refractivity contribution < 1.29 is 22.7 Å². The third kappa shape index (κ3) is 9.36. The summed E-state index contributed by atoms with van der Waals surface area (Å²) in [6, 6.07) is 20.0. The van der Waals surface area contributed by atoms with Gasteiger partial charge in [0.05, 0.1) is 18.6 Å². The predicted molar refractivity (Wildman–Crippen MR) is 176 cm³/mol. The Kier molecular flexibility index (Phi) is 11.9. The smallest absolute Gasteiger partial charge is 0.244 e. The number of carbonyl (C=O) groups excluding carboxylic acids is 2. The SMILES string of the molecule is CCOc1ccc(N(CC(=O)N(Cc2ccc(Cl)cc2Cl)C(Cc2ccccc2)C(=O)NC2CCCCC2)S(C)(=O)=O)cc1. The number of sulfonamides is 1. The van der Waals surface area contributed by atoms with Crippen LogP contribution in [0.15, 0.2) is 72.8 Å². The van der Waals surface area contributed by atoms with Crippen LogP contribution in [-0.2, 0) is 32.6 Å². The molecule has 0 aromatic heterocycles. The van der Waals surface area contributed by atoms with Gasteiger partial charge in [0.2, 0.25) is 21.8 Å². The highest BCUT2D eigenvalue weighted by atomic mass is 35.5. The second-order valence-electron chi connectivity index (χ2n) is 11.0. The highest BCUT2D eigenvalue weighted by Gasteiger charge is 2.34. The standard InChI is InChI=1S/C33H39Cl2N3O5S/c1-3-43-29-18-16-28(17-19-29)38(44(2,41)42)23-32(39)37(22-25-14-15-26(34)21-30(25)35)31(20-24-10-6-4-7-11-24)33(40)36-27-12-8-5-9-13-27/h4,6-7,10-11,14-19,21,27,31H,3,5,8-9,12-13,20,22-23H2,1-2H3,(H,36,40). The number of hydrogen-bond donors (Lipinski definition) is 1. The van der Waals surface area contributed by atoms with Crippen LogP contribution in [0.1, 0.15) is 50.2 Å².